The Kier molecular flexibility index (Phi) is 1.56. The van der Waals surface area contributed by atoms with E-state index in [1.807, 2.05) is 0 Å². The summed E-state index contributed by atoms with van der Waals surface area (Å²) in [4.78, 5) is 4.62. The Morgan fingerprint density at radius 3 is 2.92 bits per heavy atom. The van der Waals surface area contributed by atoms with Crippen LogP contribution < -0.4 is 5.73 Å². The van der Waals surface area contributed by atoms with Crippen molar-refractivity contribution >= 4 is 11.3 Å². The van der Waals surface area contributed by atoms with E-state index in [9.17, 15) is 0 Å². The smallest absolute Gasteiger partial charge is 0.0931 e. The maximum atomic E-state index is 6.07. The summed E-state index contributed by atoms with van der Waals surface area (Å²) in [6.07, 6.45) is 6.26. The van der Waals surface area contributed by atoms with Crippen LogP contribution in [0.25, 0.3) is 0 Å². The van der Waals surface area contributed by atoms with Crippen LogP contribution in [-0.2, 0) is 12.0 Å². The Morgan fingerprint density at radius 1 is 1.54 bits per heavy atom. The summed E-state index contributed by atoms with van der Waals surface area (Å²) < 4.78 is 0. The van der Waals surface area contributed by atoms with Crippen LogP contribution >= 0.6 is 11.3 Å². The second kappa shape index (κ2) is 2.55. The van der Waals surface area contributed by atoms with Gasteiger partial charge in [-0.2, -0.15) is 0 Å². The van der Waals surface area contributed by atoms with Crippen molar-refractivity contribution in [3.8, 4) is 0 Å². The summed E-state index contributed by atoms with van der Waals surface area (Å²) in [6, 6.07) is 0. The summed E-state index contributed by atoms with van der Waals surface area (Å²) in [5, 5.41) is 3.46. The average molecular weight is 194 g/mol. The van der Waals surface area contributed by atoms with Gasteiger partial charge in [0.25, 0.3) is 0 Å². The minimum atomic E-state index is -0.0295. The number of hydrogen-bond donors (Lipinski definition) is 1. The Bertz CT molecular complexity index is 323. The van der Waals surface area contributed by atoms with Gasteiger partial charge in [0.15, 0.2) is 0 Å². The first-order valence-corrected chi connectivity index (χ1v) is 5.88. The average Bonchev–Trinajstić information content (AvgIpc) is 2.97. The molecule has 1 aromatic rings. The van der Waals surface area contributed by atoms with Crippen LogP contribution in [0.15, 0.2) is 5.38 Å². The van der Waals surface area contributed by atoms with Gasteiger partial charge in [0.05, 0.1) is 16.2 Å². The van der Waals surface area contributed by atoms with E-state index in [0.29, 0.717) is 0 Å². The van der Waals surface area contributed by atoms with Crippen molar-refractivity contribution in [2.24, 2.45) is 11.7 Å². The minimum absolute atomic E-state index is 0.0295. The number of nitrogens with zero attached hydrogens (tertiary/aromatic N) is 1. The first-order valence-electron chi connectivity index (χ1n) is 5.00. The first kappa shape index (κ1) is 7.94. The quantitative estimate of drug-likeness (QED) is 0.799. The summed E-state index contributed by atoms with van der Waals surface area (Å²) in [6.45, 7) is 0. The highest BCUT2D eigenvalue weighted by atomic mass is 32.1. The van der Waals surface area contributed by atoms with Crippen LogP contribution in [-0.4, -0.2) is 4.98 Å². The van der Waals surface area contributed by atoms with E-state index >= 15 is 0 Å². The molecule has 2 aliphatic rings. The molecule has 0 bridgehead atoms. The Balaban J connectivity index is 1.76. The molecule has 0 unspecified atom stereocenters. The van der Waals surface area contributed by atoms with Gasteiger partial charge in [-0.3, -0.25) is 0 Å². The number of hydrogen-bond acceptors (Lipinski definition) is 3. The van der Waals surface area contributed by atoms with Gasteiger partial charge in [-0.05, 0) is 31.6 Å². The molecule has 2 fully saturated rings. The lowest BCUT2D eigenvalue weighted by Crippen LogP contribution is -2.19. The summed E-state index contributed by atoms with van der Waals surface area (Å²) in [7, 11) is 0. The first-order chi connectivity index (χ1) is 6.26. The van der Waals surface area contributed by atoms with Crippen molar-refractivity contribution < 1.29 is 0 Å². The van der Waals surface area contributed by atoms with E-state index in [2.05, 4.69) is 10.4 Å². The highest BCUT2D eigenvalue weighted by Crippen LogP contribution is 2.43. The fourth-order valence-electron chi connectivity index (χ4n) is 1.59. The highest BCUT2D eigenvalue weighted by molar-refractivity contribution is 7.09. The van der Waals surface area contributed by atoms with Gasteiger partial charge in [-0.1, -0.05) is 0 Å². The molecule has 1 aromatic heterocycles. The predicted molar refractivity (Wildman–Crippen MR) is 53.6 cm³/mol. The molecule has 0 saturated heterocycles. The van der Waals surface area contributed by atoms with Gasteiger partial charge in [-0.15, -0.1) is 11.3 Å². The van der Waals surface area contributed by atoms with Crippen molar-refractivity contribution in [2.75, 3.05) is 0 Å². The normalized spacial score (nSPS) is 24.7. The fraction of sp³-hybridized carbons (Fsp3) is 0.700. The molecular weight excluding hydrogens is 180 g/mol. The van der Waals surface area contributed by atoms with E-state index in [1.54, 1.807) is 11.3 Å². The van der Waals surface area contributed by atoms with E-state index in [-0.39, 0.29) is 5.54 Å². The van der Waals surface area contributed by atoms with Crippen LogP contribution in [0.3, 0.4) is 0 Å². The van der Waals surface area contributed by atoms with Gasteiger partial charge in [0.2, 0.25) is 0 Å². The Morgan fingerprint density at radius 2 is 2.31 bits per heavy atom. The Labute approximate surface area is 82.2 Å². The minimum Gasteiger partial charge on any atom is -0.320 e. The monoisotopic (exact) mass is 194 g/mol. The number of nitrogens with two attached hydrogens (primary N) is 1. The van der Waals surface area contributed by atoms with Crippen LogP contribution in [0.2, 0.25) is 0 Å². The van der Waals surface area contributed by atoms with E-state index in [0.717, 1.165) is 24.5 Å². The lowest BCUT2D eigenvalue weighted by Gasteiger charge is -2.01. The maximum absolute atomic E-state index is 6.07. The number of aromatic nitrogens is 1. The van der Waals surface area contributed by atoms with Gasteiger partial charge in [-0.25, -0.2) is 4.98 Å². The molecule has 2 N–H and O–H groups in total. The molecule has 2 aliphatic carbocycles. The van der Waals surface area contributed by atoms with Gasteiger partial charge >= 0.3 is 0 Å². The van der Waals surface area contributed by atoms with Crippen molar-refractivity contribution in [3.05, 3.63) is 16.1 Å². The molecule has 0 aromatic carbocycles. The lowest BCUT2D eigenvalue weighted by molar-refractivity contribution is 0.704. The summed E-state index contributed by atoms with van der Waals surface area (Å²) in [5.74, 6) is 0.937. The lowest BCUT2D eigenvalue weighted by atomic mass is 10.2. The second-order valence-corrected chi connectivity index (χ2v) is 5.37. The third kappa shape index (κ3) is 1.51. The van der Waals surface area contributed by atoms with Gasteiger partial charge in [0.1, 0.15) is 0 Å². The zero-order valence-electron chi connectivity index (χ0n) is 7.62. The van der Waals surface area contributed by atoms with E-state index < -0.39 is 0 Å². The molecule has 0 amide bonds. The molecule has 70 valence electrons. The number of rotatable bonds is 3. The standard InChI is InChI=1S/C10H14N2S/c11-10(3-4-10)8-6-13-9(12-8)5-7-1-2-7/h6-7H,1-5,11H2. The van der Waals surface area contributed by atoms with E-state index in [1.165, 1.54) is 24.3 Å². The molecular formula is C10H14N2S. The van der Waals surface area contributed by atoms with Crippen LogP contribution in [0.1, 0.15) is 36.4 Å². The molecule has 0 radical (unpaired) electrons. The third-order valence-electron chi connectivity index (χ3n) is 3.01. The van der Waals surface area contributed by atoms with Crippen LogP contribution in [0, 0.1) is 5.92 Å². The summed E-state index contributed by atoms with van der Waals surface area (Å²) >= 11 is 1.79. The largest absolute Gasteiger partial charge is 0.320 e. The molecule has 2 nitrogen and oxygen atoms in total. The van der Waals surface area contributed by atoms with Crippen LogP contribution in [0.4, 0.5) is 0 Å². The molecule has 3 heteroatoms. The number of thiazole rings is 1. The van der Waals surface area contributed by atoms with Crippen molar-refractivity contribution in [1.29, 1.82) is 0 Å². The zero-order chi connectivity index (χ0) is 8.89. The fourth-order valence-corrected chi connectivity index (χ4v) is 2.61. The molecule has 0 aliphatic heterocycles. The SMILES string of the molecule is NC1(c2csc(CC3CC3)n2)CC1. The van der Waals surface area contributed by atoms with Crippen molar-refractivity contribution in [2.45, 2.75) is 37.6 Å². The molecule has 3 rings (SSSR count). The maximum Gasteiger partial charge on any atom is 0.0931 e. The van der Waals surface area contributed by atoms with Gasteiger partial charge < -0.3 is 5.73 Å². The van der Waals surface area contributed by atoms with Gasteiger partial charge in [0, 0.05) is 11.8 Å². The molecule has 1 heterocycles. The zero-order valence-corrected chi connectivity index (χ0v) is 8.44. The molecule has 0 atom stereocenters. The summed E-state index contributed by atoms with van der Waals surface area (Å²) in [5.41, 5.74) is 7.19. The topological polar surface area (TPSA) is 38.9 Å². The second-order valence-electron chi connectivity index (χ2n) is 4.43. The van der Waals surface area contributed by atoms with Crippen molar-refractivity contribution in [3.63, 3.8) is 0 Å². The Hall–Kier alpha value is -0.410. The van der Waals surface area contributed by atoms with Crippen molar-refractivity contribution in [1.82, 2.24) is 4.98 Å². The molecule has 0 spiro atoms. The molecule has 2 saturated carbocycles. The van der Waals surface area contributed by atoms with Crippen LogP contribution in [0.5, 0.6) is 0 Å². The highest BCUT2D eigenvalue weighted by Gasteiger charge is 2.42. The van der Waals surface area contributed by atoms with E-state index in [4.69, 9.17) is 5.73 Å². The predicted octanol–water partition coefficient (Wildman–Crippen LogP) is 2.04. The third-order valence-corrected chi connectivity index (χ3v) is 3.88. The molecule has 13 heavy (non-hydrogen) atoms.